The maximum Gasteiger partial charge on any atom is 0.408 e. The number of ether oxygens (including phenoxy) is 3. The number of hydrogen-bond donors (Lipinski definition) is 2. The van der Waals surface area contributed by atoms with Crippen molar-refractivity contribution in [1.29, 1.82) is 0 Å². The molecule has 2 aromatic rings. The molecule has 0 saturated carbocycles. The van der Waals surface area contributed by atoms with E-state index in [1.165, 1.54) is 23.8 Å². The zero-order chi connectivity index (χ0) is 32.1. The van der Waals surface area contributed by atoms with Crippen LogP contribution in [0, 0.1) is 0 Å². The van der Waals surface area contributed by atoms with Gasteiger partial charge in [-0.3, -0.25) is 14.5 Å². The molecule has 3 aliphatic rings. The van der Waals surface area contributed by atoms with Gasteiger partial charge in [-0.2, -0.15) is 0 Å². The number of β-lactam (4-membered cyclic amide) rings is 1. The van der Waals surface area contributed by atoms with Crippen molar-refractivity contribution in [3.05, 3.63) is 107 Å². The minimum atomic E-state index is -1.03. The van der Waals surface area contributed by atoms with E-state index in [2.05, 4.69) is 10.6 Å². The molecule has 1 saturated heterocycles. The second-order valence-corrected chi connectivity index (χ2v) is 12.9. The van der Waals surface area contributed by atoms with Gasteiger partial charge in [0.1, 0.15) is 28.8 Å². The molecule has 1 fully saturated rings. The van der Waals surface area contributed by atoms with Crippen LogP contribution in [-0.2, 0) is 28.6 Å². The Bertz CT molecular complexity index is 1490. The SMILES string of the molecule is COC1=C(C(=O)OC(c2ccccc2)c2ccccc2)N2C(=O)C(NC(=O)C(NC(=O)OC(C)(C)C)C3=CCC=CC3)[C@@H]2SC1. The molecule has 11 heteroatoms. The predicted molar refractivity (Wildman–Crippen MR) is 169 cm³/mol. The second kappa shape index (κ2) is 13.6. The molecule has 236 valence electrons. The van der Waals surface area contributed by atoms with E-state index in [1.54, 1.807) is 20.8 Å². The van der Waals surface area contributed by atoms with Crippen LogP contribution in [0.2, 0.25) is 0 Å². The van der Waals surface area contributed by atoms with E-state index in [1.807, 2.05) is 78.9 Å². The first kappa shape index (κ1) is 31.9. The number of carbonyl (C=O) groups is 4. The van der Waals surface area contributed by atoms with Crippen LogP contribution in [0.5, 0.6) is 0 Å². The smallest absolute Gasteiger partial charge is 0.408 e. The maximum atomic E-state index is 13.8. The van der Waals surface area contributed by atoms with Crippen LogP contribution in [0.15, 0.2) is 95.9 Å². The van der Waals surface area contributed by atoms with Crippen LogP contribution in [0.4, 0.5) is 4.79 Å². The first-order valence-electron chi connectivity index (χ1n) is 14.7. The monoisotopic (exact) mass is 631 g/mol. The molecule has 3 atom stereocenters. The molecule has 45 heavy (non-hydrogen) atoms. The normalized spacial score (nSPS) is 20.0. The number of amides is 3. The number of esters is 1. The Morgan fingerprint density at radius 3 is 2.18 bits per heavy atom. The highest BCUT2D eigenvalue weighted by Gasteiger charge is 2.55. The lowest BCUT2D eigenvalue weighted by molar-refractivity contribution is -0.155. The Labute approximate surface area is 266 Å². The highest BCUT2D eigenvalue weighted by atomic mass is 32.2. The zero-order valence-corrected chi connectivity index (χ0v) is 26.5. The van der Waals surface area contributed by atoms with E-state index < -0.39 is 53.0 Å². The zero-order valence-electron chi connectivity index (χ0n) is 25.6. The Balaban J connectivity index is 1.34. The third-order valence-corrected chi connectivity index (χ3v) is 8.68. The van der Waals surface area contributed by atoms with Gasteiger partial charge in [0.2, 0.25) is 5.91 Å². The quantitative estimate of drug-likeness (QED) is 0.231. The lowest BCUT2D eigenvalue weighted by atomic mass is 9.96. The summed E-state index contributed by atoms with van der Waals surface area (Å²) in [6.45, 7) is 5.20. The van der Waals surface area contributed by atoms with Crippen molar-refractivity contribution in [3.63, 3.8) is 0 Å². The number of methoxy groups -OCH3 is 1. The van der Waals surface area contributed by atoms with Crippen molar-refractivity contribution in [2.24, 2.45) is 0 Å². The van der Waals surface area contributed by atoms with Gasteiger partial charge in [-0.05, 0) is 50.3 Å². The number of benzene rings is 2. The number of nitrogens with zero attached hydrogens (tertiary/aromatic N) is 1. The van der Waals surface area contributed by atoms with E-state index >= 15 is 0 Å². The molecule has 0 aromatic heterocycles. The van der Waals surface area contributed by atoms with Gasteiger partial charge < -0.3 is 24.8 Å². The molecule has 0 radical (unpaired) electrons. The summed E-state index contributed by atoms with van der Waals surface area (Å²) in [6.07, 6.45) is 5.40. The molecular weight excluding hydrogens is 594 g/mol. The molecule has 2 unspecified atom stereocenters. The maximum absolute atomic E-state index is 13.8. The van der Waals surface area contributed by atoms with Crippen molar-refractivity contribution in [3.8, 4) is 0 Å². The summed E-state index contributed by atoms with van der Waals surface area (Å²) < 4.78 is 17.0. The third kappa shape index (κ3) is 7.25. The van der Waals surface area contributed by atoms with E-state index in [9.17, 15) is 19.2 Å². The average molecular weight is 632 g/mol. The molecule has 0 bridgehead atoms. The first-order valence-corrected chi connectivity index (χ1v) is 15.8. The molecule has 2 heterocycles. The fourth-order valence-corrected chi connectivity index (χ4v) is 6.64. The third-order valence-electron chi connectivity index (χ3n) is 7.43. The molecule has 2 aromatic carbocycles. The molecule has 2 N–H and O–H groups in total. The second-order valence-electron chi connectivity index (χ2n) is 11.7. The Morgan fingerprint density at radius 1 is 0.978 bits per heavy atom. The molecule has 1 aliphatic carbocycles. The van der Waals surface area contributed by atoms with Crippen molar-refractivity contribution >= 4 is 35.6 Å². The number of hydrogen-bond acceptors (Lipinski definition) is 8. The van der Waals surface area contributed by atoms with Crippen molar-refractivity contribution in [2.45, 2.75) is 62.8 Å². The lowest BCUT2D eigenvalue weighted by Crippen LogP contribution is -2.71. The number of nitrogens with one attached hydrogen (secondary N) is 2. The molecule has 3 amide bonds. The van der Waals surface area contributed by atoms with Crippen LogP contribution < -0.4 is 10.6 Å². The Kier molecular flexibility index (Phi) is 9.67. The van der Waals surface area contributed by atoms with Crippen LogP contribution >= 0.6 is 11.8 Å². The highest BCUT2D eigenvalue weighted by Crippen LogP contribution is 2.42. The summed E-state index contributed by atoms with van der Waals surface area (Å²) in [5, 5.41) is 4.91. The highest BCUT2D eigenvalue weighted by molar-refractivity contribution is 8.00. The van der Waals surface area contributed by atoms with Crippen molar-refractivity contribution in [2.75, 3.05) is 12.9 Å². The standard InChI is InChI=1S/C34H37N3O7S/c1-34(2,3)44-33(41)36-25(21-14-8-5-9-15-21)29(38)35-26-30(39)37-27(24(42-4)20-45-31(26)37)32(40)43-28(22-16-10-6-11-17-22)23-18-12-7-13-19-23/h5-8,10-13,15-19,25-26,28,31H,9,14,20H2,1-4H3,(H,35,38)(H,36,41)/t25?,26?,31-/m0/s1. The summed E-state index contributed by atoms with van der Waals surface area (Å²) in [6, 6.07) is 16.7. The molecule has 10 nitrogen and oxygen atoms in total. The van der Waals surface area contributed by atoms with Crippen LogP contribution in [0.1, 0.15) is 50.8 Å². The topological polar surface area (TPSA) is 123 Å². The van der Waals surface area contributed by atoms with Gasteiger partial charge >= 0.3 is 12.1 Å². The summed E-state index contributed by atoms with van der Waals surface area (Å²) in [7, 11) is 1.44. The van der Waals surface area contributed by atoms with Gasteiger partial charge in [-0.25, -0.2) is 9.59 Å². The fraction of sp³-hybridized carbons (Fsp3) is 0.353. The van der Waals surface area contributed by atoms with Crippen molar-refractivity contribution in [1.82, 2.24) is 15.5 Å². The number of alkyl carbamates (subject to hydrolysis) is 1. The molecular formula is C34H37N3O7S. The van der Waals surface area contributed by atoms with Crippen LogP contribution in [0.25, 0.3) is 0 Å². The van der Waals surface area contributed by atoms with Gasteiger partial charge in [0.05, 0.1) is 12.9 Å². The predicted octanol–water partition coefficient (Wildman–Crippen LogP) is 4.75. The van der Waals surface area contributed by atoms with Crippen LogP contribution in [0.3, 0.4) is 0 Å². The largest absolute Gasteiger partial charge is 0.498 e. The summed E-state index contributed by atoms with van der Waals surface area (Å²) >= 11 is 1.36. The summed E-state index contributed by atoms with van der Waals surface area (Å²) in [4.78, 5) is 55.0. The number of carbonyl (C=O) groups excluding carboxylic acids is 4. The van der Waals surface area contributed by atoms with E-state index in [0.29, 0.717) is 29.9 Å². The fourth-order valence-electron chi connectivity index (χ4n) is 5.33. The van der Waals surface area contributed by atoms with Gasteiger partial charge in [-0.15, -0.1) is 11.8 Å². The summed E-state index contributed by atoms with van der Waals surface area (Å²) in [5.74, 6) is -1.13. The molecule has 0 spiro atoms. The lowest BCUT2D eigenvalue weighted by Gasteiger charge is -2.49. The van der Waals surface area contributed by atoms with Gasteiger partial charge in [-0.1, -0.05) is 78.9 Å². The number of rotatable bonds is 9. The number of allylic oxidation sites excluding steroid dienone is 3. The molecule has 5 rings (SSSR count). The van der Waals surface area contributed by atoms with E-state index in [-0.39, 0.29) is 5.70 Å². The Hall–Kier alpha value is -4.51. The van der Waals surface area contributed by atoms with Gasteiger partial charge in [0, 0.05) is 0 Å². The number of fused-ring (bicyclic) bond motifs is 1. The molecule has 2 aliphatic heterocycles. The van der Waals surface area contributed by atoms with Gasteiger partial charge in [0.25, 0.3) is 5.91 Å². The first-order chi connectivity index (χ1) is 21.6. The average Bonchev–Trinajstić information content (AvgIpc) is 3.04. The van der Waals surface area contributed by atoms with Crippen molar-refractivity contribution < 1.29 is 33.4 Å². The Morgan fingerprint density at radius 2 is 1.62 bits per heavy atom. The van der Waals surface area contributed by atoms with E-state index in [4.69, 9.17) is 14.2 Å². The van der Waals surface area contributed by atoms with Gasteiger partial charge in [0.15, 0.2) is 11.8 Å². The van der Waals surface area contributed by atoms with E-state index in [0.717, 1.165) is 11.1 Å². The minimum absolute atomic E-state index is 0.0113. The number of thioether (sulfide) groups is 1. The summed E-state index contributed by atoms with van der Waals surface area (Å²) in [5.41, 5.74) is 1.49. The van der Waals surface area contributed by atoms with Crippen LogP contribution in [-0.4, -0.2) is 64.7 Å². The minimum Gasteiger partial charge on any atom is -0.498 e.